The summed E-state index contributed by atoms with van der Waals surface area (Å²) in [5.41, 5.74) is 2.89. The number of rotatable bonds is 7. The van der Waals surface area contributed by atoms with Gasteiger partial charge in [0.15, 0.2) is 0 Å². The molecule has 0 unspecified atom stereocenters. The maximum atomic E-state index is 13.3. The summed E-state index contributed by atoms with van der Waals surface area (Å²) in [6.45, 7) is 4.30. The highest BCUT2D eigenvalue weighted by molar-refractivity contribution is 6.45. The molecule has 2 amide bonds. The maximum Gasteiger partial charge on any atom is 0.282 e. The standard InChI is InChI=1S/C23H26N2O4/c1-15(2)16-5-9-18(10-6-16)25-22(27)20(17-7-11-19(29-4)12-8-17)21(23(25)28)24(3)13-14-26/h5-12,15,26H,13-14H2,1-4H3. The molecule has 2 aromatic rings. The molecule has 3 rings (SSSR count). The van der Waals surface area contributed by atoms with Gasteiger partial charge in [0.1, 0.15) is 11.4 Å². The number of carbonyl (C=O) groups is 2. The average molecular weight is 394 g/mol. The van der Waals surface area contributed by atoms with E-state index in [1.807, 2.05) is 12.1 Å². The van der Waals surface area contributed by atoms with E-state index in [1.54, 1.807) is 55.5 Å². The van der Waals surface area contributed by atoms with E-state index >= 15 is 0 Å². The molecule has 0 aromatic heterocycles. The van der Waals surface area contributed by atoms with Gasteiger partial charge in [-0.2, -0.15) is 0 Å². The number of ether oxygens (including phenoxy) is 1. The van der Waals surface area contributed by atoms with Crippen molar-refractivity contribution in [1.82, 2.24) is 4.90 Å². The van der Waals surface area contributed by atoms with Crippen LogP contribution in [0.5, 0.6) is 5.75 Å². The average Bonchev–Trinajstić information content (AvgIpc) is 2.98. The molecule has 6 heteroatoms. The van der Waals surface area contributed by atoms with Crippen molar-refractivity contribution in [2.24, 2.45) is 0 Å². The third kappa shape index (κ3) is 3.89. The van der Waals surface area contributed by atoms with Crippen LogP contribution in [0.1, 0.15) is 30.9 Å². The molecular weight excluding hydrogens is 368 g/mol. The van der Waals surface area contributed by atoms with E-state index in [0.29, 0.717) is 28.5 Å². The Morgan fingerprint density at radius 3 is 2.14 bits per heavy atom. The van der Waals surface area contributed by atoms with Crippen molar-refractivity contribution < 1.29 is 19.4 Å². The number of carbonyl (C=O) groups excluding carboxylic acids is 2. The molecular formula is C23H26N2O4. The summed E-state index contributed by atoms with van der Waals surface area (Å²) in [6.07, 6.45) is 0. The number of hydrogen-bond acceptors (Lipinski definition) is 5. The normalized spacial score (nSPS) is 14.2. The summed E-state index contributed by atoms with van der Waals surface area (Å²) in [4.78, 5) is 29.4. The predicted molar refractivity (Wildman–Crippen MR) is 113 cm³/mol. The minimum Gasteiger partial charge on any atom is -0.497 e. The Kier molecular flexibility index (Phi) is 6.03. The van der Waals surface area contributed by atoms with Gasteiger partial charge in [0.2, 0.25) is 0 Å². The number of likely N-dealkylation sites (N-methyl/N-ethyl adjacent to an activating group) is 1. The summed E-state index contributed by atoms with van der Waals surface area (Å²) in [6, 6.07) is 14.5. The van der Waals surface area contributed by atoms with E-state index in [2.05, 4.69) is 13.8 Å². The van der Waals surface area contributed by atoms with Crippen molar-refractivity contribution >= 4 is 23.1 Å². The zero-order valence-electron chi connectivity index (χ0n) is 17.2. The first-order valence-corrected chi connectivity index (χ1v) is 9.58. The van der Waals surface area contributed by atoms with Crippen LogP contribution in [0.15, 0.2) is 54.2 Å². The Balaban J connectivity index is 2.06. The molecule has 1 heterocycles. The molecule has 1 aliphatic heterocycles. The number of imide groups is 1. The van der Waals surface area contributed by atoms with Crippen LogP contribution in [-0.4, -0.2) is 49.1 Å². The van der Waals surface area contributed by atoms with Gasteiger partial charge in [-0.05, 0) is 41.3 Å². The Morgan fingerprint density at radius 1 is 1.00 bits per heavy atom. The highest BCUT2D eigenvalue weighted by Gasteiger charge is 2.41. The third-order valence-corrected chi connectivity index (χ3v) is 5.07. The van der Waals surface area contributed by atoms with Gasteiger partial charge in [-0.3, -0.25) is 9.59 Å². The van der Waals surface area contributed by atoms with Crippen LogP contribution in [0.3, 0.4) is 0 Å². The van der Waals surface area contributed by atoms with Gasteiger partial charge in [-0.15, -0.1) is 0 Å². The van der Waals surface area contributed by atoms with Gasteiger partial charge < -0.3 is 14.7 Å². The molecule has 0 fully saturated rings. The molecule has 2 aromatic carbocycles. The molecule has 29 heavy (non-hydrogen) atoms. The second kappa shape index (κ2) is 8.49. The summed E-state index contributed by atoms with van der Waals surface area (Å²) in [7, 11) is 3.27. The minimum atomic E-state index is -0.394. The highest BCUT2D eigenvalue weighted by Crippen LogP contribution is 2.35. The van der Waals surface area contributed by atoms with Crippen molar-refractivity contribution in [2.75, 3.05) is 32.2 Å². The zero-order valence-corrected chi connectivity index (χ0v) is 17.2. The van der Waals surface area contributed by atoms with Crippen molar-refractivity contribution in [3.63, 3.8) is 0 Å². The zero-order chi connectivity index (χ0) is 21.1. The van der Waals surface area contributed by atoms with Gasteiger partial charge in [0.05, 0.1) is 25.0 Å². The van der Waals surface area contributed by atoms with Crippen molar-refractivity contribution in [3.05, 3.63) is 65.4 Å². The summed E-state index contributed by atoms with van der Waals surface area (Å²) in [5.74, 6) is 0.247. The number of anilines is 1. The van der Waals surface area contributed by atoms with Crippen LogP contribution in [0, 0.1) is 0 Å². The number of aliphatic hydroxyl groups is 1. The molecule has 6 nitrogen and oxygen atoms in total. The highest BCUT2D eigenvalue weighted by atomic mass is 16.5. The van der Waals surface area contributed by atoms with Crippen LogP contribution in [0.2, 0.25) is 0 Å². The van der Waals surface area contributed by atoms with Gasteiger partial charge in [-0.25, -0.2) is 4.90 Å². The monoisotopic (exact) mass is 394 g/mol. The first-order chi connectivity index (χ1) is 13.9. The smallest absolute Gasteiger partial charge is 0.282 e. The Labute approximate surface area is 171 Å². The van der Waals surface area contributed by atoms with E-state index in [-0.39, 0.29) is 24.8 Å². The lowest BCUT2D eigenvalue weighted by molar-refractivity contribution is -0.120. The van der Waals surface area contributed by atoms with Gasteiger partial charge >= 0.3 is 0 Å². The lowest BCUT2D eigenvalue weighted by Gasteiger charge is -2.20. The summed E-state index contributed by atoms with van der Waals surface area (Å²) < 4.78 is 5.19. The fourth-order valence-corrected chi connectivity index (χ4v) is 3.39. The fourth-order valence-electron chi connectivity index (χ4n) is 3.39. The number of benzene rings is 2. The predicted octanol–water partition coefficient (Wildman–Crippen LogP) is 3.03. The van der Waals surface area contributed by atoms with Crippen LogP contribution in [-0.2, 0) is 9.59 Å². The number of nitrogens with zero attached hydrogens (tertiary/aromatic N) is 2. The van der Waals surface area contributed by atoms with E-state index in [0.717, 1.165) is 5.56 Å². The van der Waals surface area contributed by atoms with E-state index in [1.165, 1.54) is 4.90 Å². The first-order valence-electron chi connectivity index (χ1n) is 9.58. The second-order valence-electron chi connectivity index (χ2n) is 7.29. The first kappa shape index (κ1) is 20.6. The quantitative estimate of drug-likeness (QED) is 0.731. The largest absolute Gasteiger partial charge is 0.497 e. The maximum absolute atomic E-state index is 13.3. The molecule has 1 aliphatic rings. The van der Waals surface area contributed by atoms with Crippen LogP contribution < -0.4 is 9.64 Å². The Morgan fingerprint density at radius 2 is 1.62 bits per heavy atom. The van der Waals surface area contributed by atoms with Gasteiger partial charge in [-0.1, -0.05) is 38.1 Å². The molecule has 0 spiro atoms. The van der Waals surface area contributed by atoms with E-state index < -0.39 is 5.91 Å². The molecule has 152 valence electrons. The lowest BCUT2D eigenvalue weighted by atomic mass is 10.0. The molecule has 1 N–H and O–H groups in total. The van der Waals surface area contributed by atoms with Crippen LogP contribution in [0.4, 0.5) is 5.69 Å². The Bertz CT molecular complexity index is 930. The van der Waals surface area contributed by atoms with Crippen LogP contribution >= 0.6 is 0 Å². The van der Waals surface area contributed by atoms with Gasteiger partial charge in [0, 0.05) is 13.6 Å². The van der Waals surface area contributed by atoms with Crippen molar-refractivity contribution in [1.29, 1.82) is 0 Å². The molecule has 0 atom stereocenters. The SMILES string of the molecule is COc1ccc(C2=C(N(C)CCO)C(=O)N(c3ccc(C(C)C)cc3)C2=O)cc1. The summed E-state index contributed by atoms with van der Waals surface area (Å²) >= 11 is 0. The molecule has 0 aliphatic carbocycles. The lowest BCUT2D eigenvalue weighted by Crippen LogP contribution is -2.34. The van der Waals surface area contributed by atoms with Crippen LogP contribution in [0.25, 0.3) is 5.57 Å². The van der Waals surface area contributed by atoms with Crippen molar-refractivity contribution in [2.45, 2.75) is 19.8 Å². The number of aliphatic hydroxyl groups excluding tert-OH is 1. The van der Waals surface area contributed by atoms with Gasteiger partial charge in [0.25, 0.3) is 11.8 Å². The molecule has 0 saturated heterocycles. The topological polar surface area (TPSA) is 70.1 Å². The second-order valence-corrected chi connectivity index (χ2v) is 7.29. The van der Waals surface area contributed by atoms with E-state index in [9.17, 15) is 14.7 Å². The number of amides is 2. The summed E-state index contributed by atoms with van der Waals surface area (Å²) in [5, 5.41) is 9.35. The number of hydrogen-bond donors (Lipinski definition) is 1. The minimum absolute atomic E-state index is 0.125. The molecule has 0 saturated carbocycles. The Hall–Kier alpha value is -3.12. The van der Waals surface area contributed by atoms with E-state index in [4.69, 9.17) is 4.74 Å². The number of methoxy groups -OCH3 is 1. The fraction of sp³-hybridized carbons (Fsp3) is 0.304. The molecule has 0 bridgehead atoms. The molecule has 0 radical (unpaired) electrons. The third-order valence-electron chi connectivity index (χ3n) is 5.07. The van der Waals surface area contributed by atoms with Crippen molar-refractivity contribution in [3.8, 4) is 5.75 Å².